The third-order valence-electron chi connectivity index (χ3n) is 6.23. The zero-order chi connectivity index (χ0) is 25.4. The number of aryl methyl sites for hydroxylation is 1. The Balaban J connectivity index is 1.83. The number of benzene rings is 3. The number of hydrogen-bond acceptors (Lipinski definition) is 2. The number of nitrogens with zero attached hydrogens (tertiary/aromatic N) is 1. The molecule has 0 radical (unpaired) electrons. The van der Waals surface area contributed by atoms with E-state index in [1.54, 1.807) is 11.9 Å². The minimum absolute atomic E-state index is 0.0515. The molecule has 3 aromatic carbocycles. The minimum Gasteiger partial charge on any atom is -0.357 e. The molecule has 3 rings (SSSR count). The Hall–Kier alpha value is -3.11. The Morgan fingerprint density at radius 2 is 1.46 bits per heavy atom. The molecular weight excluding hydrogens is 456 g/mol. The standard InChI is InChI=1S/C30H35ClN2O2/c1-30(2,3)25-15-10-22(11-16-25)14-19-28(34)33(21-24-12-17-26(31)18-13-24)27(29(35)32-4)20-23-8-6-5-7-9-23/h5-13,15-18,27H,14,19-21H2,1-4H3,(H,32,35)/t27-/m0/s1. The van der Waals surface area contributed by atoms with Gasteiger partial charge < -0.3 is 10.2 Å². The first-order valence-electron chi connectivity index (χ1n) is 12.1. The third-order valence-corrected chi connectivity index (χ3v) is 6.48. The van der Waals surface area contributed by atoms with Crippen LogP contribution in [0.15, 0.2) is 78.9 Å². The van der Waals surface area contributed by atoms with Crippen molar-refractivity contribution >= 4 is 23.4 Å². The zero-order valence-electron chi connectivity index (χ0n) is 21.1. The minimum atomic E-state index is -0.617. The molecule has 0 heterocycles. The summed E-state index contributed by atoms with van der Waals surface area (Å²) in [6, 6.07) is 25.1. The second-order valence-electron chi connectivity index (χ2n) is 9.91. The maximum atomic E-state index is 13.6. The lowest BCUT2D eigenvalue weighted by molar-refractivity contribution is -0.141. The van der Waals surface area contributed by atoms with Gasteiger partial charge in [-0.2, -0.15) is 0 Å². The molecule has 1 atom stereocenters. The molecule has 0 saturated heterocycles. The van der Waals surface area contributed by atoms with Gasteiger partial charge in [-0.25, -0.2) is 0 Å². The van der Waals surface area contributed by atoms with E-state index in [1.807, 2.05) is 54.6 Å². The summed E-state index contributed by atoms with van der Waals surface area (Å²) in [4.78, 5) is 28.3. The highest BCUT2D eigenvalue weighted by Gasteiger charge is 2.29. The van der Waals surface area contributed by atoms with Crippen molar-refractivity contribution in [1.82, 2.24) is 10.2 Å². The summed E-state index contributed by atoms with van der Waals surface area (Å²) in [6.45, 7) is 6.90. The van der Waals surface area contributed by atoms with Crippen LogP contribution in [-0.4, -0.2) is 29.8 Å². The highest BCUT2D eigenvalue weighted by Crippen LogP contribution is 2.23. The average Bonchev–Trinajstić information content (AvgIpc) is 2.85. The highest BCUT2D eigenvalue weighted by atomic mass is 35.5. The Bertz CT molecular complexity index is 1100. The maximum absolute atomic E-state index is 13.6. The van der Waals surface area contributed by atoms with Gasteiger partial charge in [0.25, 0.3) is 0 Å². The van der Waals surface area contributed by atoms with Crippen LogP contribution in [0, 0.1) is 0 Å². The van der Waals surface area contributed by atoms with Crippen LogP contribution in [0.3, 0.4) is 0 Å². The second kappa shape index (κ2) is 12.0. The van der Waals surface area contributed by atoms with Crippen molar-refractivity contribution in [3.8, 4) is 0 Å². The van der Waals surface area contributed by atoms with Crippen molar-refractivity contribution < 1.29 is 9.59 Å². The first-order valence-corrected chi connectivity index (χ1v) is 12.4. The van der Waals surface area contributed by atoms with Crippen LogP contribution in [0.25, 0.3) is 0 Å². The number of hydrogen-bond donors (Lipinski definition) is 1. The molecule has 0 aliphatic rings. The summed E-state index contributed by atoms with van der Waals surface area (Å²) in [5, 5.41) is 3.39. The first kappa shape index (κ1) is 26.5. The maximum Gasteiger partial charge on any atom is 0.242 e. The largest absolute Gasteiger partial charge is 0.357 e. The van der Waals surface area contributed by atoms with E-state index in [0.717, 1.165) is 16.7 Å². The molecule has 35 heavy (non-hydrogen) atoms. The van der Waals surface area contributed by atoms with Gasteiger partial charge >= 0.3 is 0 Å². The van der Waals surface area contributed by atoms with Gasteiger partial charge in [0.05, 0.1) is 0 Å². The van der Waals surface area contributed by atoms with Gasteiger partial charge in [0.1, 0.15) is 6.04 Å². The lowest BCUT2D eigenvalue weighted by Gasteiger charge is -2.31. The third kappa shape index (κ3) is 7.69. The molecule has 5 heteroatoms. The van der Waals surface area contributed by atoms with Crippen molar-refractivity contribution in [3.05, 3.63) is 106 Å². The molecule has 184 valence electrons. The summed E-state index contributed by atoms with van der Waals surface area (Å²) >= 11 is 6.07. The van der Waals surface area contributed by atoms with Gasteiger partial charge in [0, 0.05) is 31.5 Å². The summed E-state index contributed by atoms with van der Waals surface area (Å²) in [7, 11) is 1.61. The predicted octanol–water partition coefficient (Wildman–Crippen LogP) is 5.96. The fraction of sp³-hybridized carbons (Fsp3) is 0.333. The van der Waals surface area contributed by atoms with Crippen LogP contribution in [0.1, 0.15) is 49.4 Å². The van der Waals surface area contributed by atoms with E-state index >= 15 is 0 Å². The number of rotatable bonds is 9. The van der Waals surface area contributed by atoms with Gasteiger partial charge in [-0.15, -0.1) is 0 Å². The molecule has 4 nitrogen and oxygen atoms in total. The smallest absolute Gasteiger partial charge is 0.242 e. The molecule has 0 aliphatic carbocycles. The van der Waals surface area contributed by atoms with Crippen LogP contribution < -0.4 is 5.32 Å². The normalized spacial score (nSPS) is 12.1. The van der Waals surface area contributed by atoms with Crippen molar-refractivity contribution in [2.24, 2.45) is 0 Å². The first-order chi connectivity index (χ1) is 16.7. The second-order valence-corrected chi connectivity index (χ2v) is 10.4. The SMILES string of the molecule is CNC(=O)[C@H](Cc1ccccc1)N(Cc1ccc(Cl)cc1)C(=O)CCc1ccc(C(C)(C)C)cc1. The Morgan fingerprint density at radius 1 is 0.857 bits per heavy atom. The molecular formula is C30H35ClN2O2. The van der Waals surface area contributed by atoms with Gasteiger partial charge in [-0.3, -0.25) is 9.59 Å². The molecule has 2 amide bonds. The summed E-state index contributed by atoms with van der Waals surface area (Å²) < 4.78 is 0. The molecule has 0 bridgehead atoms. The van der Waals surface area contributed by atoms with E-state index in [1.165, 1.54) is 5.56 Å². The van der Waals surface area contributed by atoms with Crippen molar-refractivity contribution in [2.75, 3.05) is 7.05 Å². The Labute approximate surface area is 214 Å². The number of halogens is 1. The topological polar surface area (TPSA) is 49.4 Å². The van der Waals surface area contributed by atoms with Crippen LogP contribution in [0.4, 0.5) is 0 Å². The predicted molar refractivity (Wildman–Crippen MR) is 143 cm³/mol. The summed E-state index contributed by atoms with van der Waals surface area (Å²) in [5.41, 5.74) is 4.39. The molecule has 1 N–H and O–H groups in total. The van der Waals surface area contributed by atoms with Crippen LogP contribution in [-0.2, 0) is 34.4 Å². The van der Waals surface area contributed by atoms with Crippen molar-refractivity contribution in [3.63, 3.8) is 0 Å². The summed E-state index contributed by atoms with van der Waals surface area (Å²) in [5.74, 6) is -0.227. The molecule has 3 aromatic rings. The number of amides is 2. The fourth-order valence-corrected chi connectivity index (χ4v) is 4.20. The van der Waals surface area contributed by atoms with Gasteiger partial charge in [0.2, 0.25) is 11.8 Å². The number of likely N-dealkylation sites (N-methyl/N-ethyl adjacent to an activating group) is 1. The lowest BCUT2D eigenvalue weighted by atomic mass is 9.86. The number of nitrogens with one attached hydrogen (secondary N) is 1. The van der Waals surface area contributed by atoms with Crippen LogP contribution >= 0.6 is 11.6 Å². The average molecular weight is 491 g/mol. The molecule has 0 fully saturated rings. The highest BCUT2D eigenvalue weighted by molar-refractivity contribution is 6.30. The number of carbonyl (C=O) groups excluding carboxylic acids is 2. The molecule has 0 spiro atoms. The monoisotopic (exact) mass is 490 g/mol. The Morgan fingerprint density at radius 3 is 2.03 bits per heavy atom. The van der Waals surface area contributed by atoms with Crippen molar-refractivity contribution in [2.45, 2.75) is 58.0 Å². The molecule has 0 aliphatic heterocycles. The van der Waals surface area contributed by atoms with E-state index in [4.69, 9.17) is 11.6 Å². The Kier molecular flexibility index (Phi) is 9.11. The lowest BCUT2D eigenvalue weighted by Crippen LogP contribution is -2.49. The summed E-state index contributed by atoms with van der Waals surface area (Å²) in [6.07, 6.45) is 1.39. The quantitative estimate of drug-likeness (QED) is 0.402. The van der Waals surface area contributed by atoms with Gasteiger partial charge in [-0.1, -0.05) is 99.1 Å². The number of carbonyl (C=O) groups is 2. The van der Waals surface area contributed by atoms with E-state index in [2.05, 4.69) is 50.4 Å². The van der Waals surface area contributed by atoms with Crippen LogP contribution in [0.5, 0.6) is 0 Å². The van der Waals surface area contributed by atoms with E-state index in [9.17, 15) is 9.59 Å². The van der Waals surface area contributed by atoms with Crippen LogP contribution in [0.2, 0.25) is 5.02 Å². The van der Waals surface area contributed by atoms with E-state index in [-0.39, 0.29) is 17.2 Å². The van der Waals surface area contributed by atoms with E-state index in [0.29, 0.717) is 30.8 Å². The fourth-order valence-electron chi connectivity index (χ4n) is 4.07. The molecule has 0 aromatic heterocycles. The van der Waals surface area contributed by atoms with E-state index < -0.39 is 6.04 Å². The molecule has 0 saturated carbocycles. The molecule has 0 unspecified atom stereocenters. The van der Waals surface area contributed by atoms with Gasteiger partial charge in [0.15, 0.2) is 0 Å². The van der Waals surface area contributed by atoms with Gasteiger partial charge in [-0.05, 0) is 46.2 Å². The van der Waals surface area contributed by atoms with Crippen molar-refractivity contribution in [1.29, 1.82) is 0 Å². The zero-order valence-corrected chi connectivity index (χ0v) is 21.8.